The maximum atomic E-state index is 3.68. The van der Waals surface area contributed by atoms with Crippen LogP contribution < -0.4 is 10.2 Å². The van der Waals surface area contributed by atoms with Crippen LogP contribution >= 0.6 is 15.9 Å². The first-order chi connectivity index (χ1) is 8.83. The van der Waals surface area contributed by atoms with Crippen LogP contribution in [0.2, 0.25) is 0 Å². The molecule has 0 atom stereocenters. The van der Waals surface area contributed by atoms with Gasteiger partial charge in [-0.25, -0.2) is 0 Å². The zero-order valence-electron chi connectivity index (χ0n) is 12.9. The van der Waals surface area contributed by atoms with E-state index in [0.717, 1.165) is 19.6 Å². The van der Waals surface area contributed by atoms with E-state index in [4.69, 9.17) is 0 Å². The summed E-state index contributed by atoms with van der Waals surface area (Å²) in [4.78, 5) is 2.31. The van der Waals surface area contributed by atoms with E-state index in [1.807, 2.05) is 0 Å². The monoisotopic (exact) mass is 326 g/mol. The summed E-state index contributed by atoms with van der Waals surface area (Å²) in [6, 6.07) is 6.63. The SMILES string of the molecule is CCCNCc1ccc(N(C)CC(C)(C)C)cc1Br. The highest BCUT2D eigenvalue weighted by Crippen LogP contribution is 2.26. The van der Waals surface area contributed by atoms with Crippen molar-refractivity contribution in [3.05, 3.63) is 28.2 Å². The highest BCUT2D eigenvalue weighted by molar-refractivity contribution is 9.10. The van der Waals surface area contributed by atoms with Gasteiger partial charge < -0.3 is 10.2 Å². The first-order valence-electron chi connectivity index (χ1n) is 7.04. The molecule has 3 heteroatoms. The standard InChI is InChI=1S/C16H27BrN2/c1-6-9-18-11-13-7-8-14(10-15(13)17)19(5)12-16(2,3)4/h7-8,10,18H,6,9,11-12H2,1-5H3. The van der Waals surface area contributed by atoms with E-state index >= 15 is 0 Å². The second-order valence-corrected chi connectivity index (χ2v) is 7.22. The second-order valence-electron chi connectivity index (χ2n) is 6.37. The third kappa shape index (κ3) is 5.96. The molecular weight excluding hydrogens is 300 g/mol. The molecule has 0 radical (unpaired) electrons. The second kappa shape index (κ2) is 7.30. The minimum absolute atomic E-state index is 0.308. The Morgan fingerprint density at radius 2 is 1.95 bits per heavy atom. The van der Waals surface area contributed by atoms with Crippen LogP contribution in [0.3, 0.4) is 0 Å². The molecule has 0 aliphatic heterocycles. The highest BCUT2D eigenvalue weighted by Gasteiger charge is 2.14. The van der Waals surface area contributed by atoms with Gasteiger partial charge in [-0.3, -0.25) is 0 Å². The molecule has 108 valence electrons. The van der Waals surface area contributed by atoms with Crippen molar-refractivity contribution in [1.82, 2.24) is 5.32 Å². The summed E-state index contributed by atoms with van der Waals surface area (Å²) < 4.78 is 1.19. The van der Waals surface area contributed by atoms with Gasteiger partial charge in [0.2, 0.25) is 0 Å². The van der Waals surface area contributed by atoms with Gasteiger partial charge in [0.05, 0.1) is 0 Å². The summed E-state index contributed by atoms with van der Waals surface area (Å²) in [5.74, 6) is 0. The number of hydrogen-bond donors (Lipinski definition) is 1. The molecule has 0 spiro atoms. The van der Waals surface area contributed by atoms with Gasteiger partial charge in [0.25, 0.3) is 0 Å². The van der Waals surface area contributed by atoms with E-state index in [9.17, 15) is 0 Å². The molecule has 1 N–H and O–H groups in total. The molecule has 1 aromatic carbocycles. The number of rotatable bonds is 6. The van der Waals surface area contributed by atoms with E-state index in [-0.39, 0.29) is 0 Å². The molecule has 0 saturated carbocycles. The molecule has 0 saturated heterocycles. The molecule has 0 aliphatic rings. The lowest BCUT2D eigenvalue weighted by Gasteiger charge is -2.28. The number of nitrogens with one attached hydrogen (secondary N) is 1. The summed E-state index contributed by atoms with van der Waals surface area (Å²) in [5.41, 5.74) is 2.89. The first kappa shape index (κ1) is 16.5. The van der Waals surface area contributed by atoms with Crippen molar-refractivity contribution in [3.63, 3.8) is 0 Å². The predicted molar refractivity (Wildman–Crippen MR) is 88.9 cm³/mol. The maximum absolute atomic E-state index is 3.68. The molecule has 1 rings (SSSR count). The van der Waals surface area contributed by atoms with Crippen LogP contribution in [-0.2, 0) is 6.54 Å². The number of halogens is 1. The Morgan fingerprint density at radius 3 is 2.47 bits per heavy atom. The van der Waals surface area contributed by atoms with Crippen LogP contribution in [0, 0.1) is 5.41 Å². The molecule has 0 heterocycles. The van der Waals surface area contributed by atoms with Crippen molar-refractivity contribution in [2.45, 2.75) is 40.7 Å². The third-order valence-corrected chi connectivity index (χ3v) is 3.67. The summed E-state index contributed by atoms with van der Waals surface area (Å²) in [6.45, 7) is 12.0. The van der Waals surface area contributed by atoms with Crippen LogP contribution in [0.15, 0.2) is 22.7 Å². The Labute approximate surface area is 126 Å². The van der Waals surface area contributed by atoms with Gasteiger partial charge in [-0.05, 0) is 36.1 Å². The molecule has 0 amide bonds. The lowest BCUT2D eigenvalue weighted by Crippen LogP contribution is -2.29. The van der Waals surface area contributed by atoms with Crippen LogP contribution in [0.4, 0.5) is 5.69 Å². The van der Waals surface area contributed by atoms with E-state index < -0.39 is 0 Å². The molecule has 0 bridgehead atoms. The van der Waals surface area contributed by atoms with Crippen molar-refractivity contribution >= 4 is 21.6 Å². The number of nitrogens with zero attached hydrogens (tertiary/aromatic N) is 1. The van der Waals surface area contributed by atoms with Gasteiger partial charge in [0, 0.05) is 30.3 Å². The van der Waals surface area contributed by atoms with Gasteiger partial charge >= 0.3 is 0 Å². The zero-order valence-corrected chi connectivity index (χ0v) is 14.5. The van der Waals surface area contributed by atoms with Gasteiger partial charge in [-0.15, -0.1) is 0 Å². The van der Waals surface area contributed by atoms with Crippen LogP contribution in [0.25, 0.3) is 0 Å². The van der Waals surface area contributed by atoms with Gasteiger partial charge in [0.15, 0.2) is 0 Å². The quantitative estimate of drug-likeness (QED) is 0.778. The number of anilines is 1. The van der Waals surface area contributed by atoms with Crippen molar-refractivity contribution in [1.29, 1.82) is 0 Å². The molecular formula is C16H27BrN2. The van der Waals surface area contributed by atoms with Crippen LogP contribution in [-0.4, -0.2) is 20.1 Å². The topological polar surface area (TPSA) is 15.3 Å². The summed E-state index contributed by atoms with van der Waals surface area (Å²) >= 11 is 3.68. The molecule has 0 fully saturated rings. The van der Waals surface area contributed by atoms with Crippen molar-refractivity contribution in [2.75, 3.05) is 25.0 Å². The Bertz CT molecular complexity index is 396. The van der Waals surface area contributed by atoms with Crippen molar-refractivity contribution in [3.8, 4) is 0 Å². The largest absolute Gasteiger partial charge is 0.374 e. The number of hydrogen-bond acceptors (Lipinski definition) is 2. The number of benzene rings is 1. The Kier molecular flexibility index (Phi) is 6.34. The lowest BCUT2D eigenvalue weighted by molar-refractivity contribution is 0.419. The molecule has 0 aromatic heterocycles. The van der Waals surface area contributed by atoms with Gasteiger partial charge in [0.1, 0.15) is 0 Å². The fraction of sp³-hybridized carbons (Fsp3) is 0.625. The predicted octanol–water partition coefficient (Wildman–Crippen LogP) is 4.43. The molecule has 1 aromatic rings. The average Bonchev–Trinajstić information content (AvgIpc) is 2.29. The molecule has 0 unspecified atom stereocenters. The van der Waals surface area contributed by atoms with E-state index in [2.05, 4.69) is 79.1 Å². The first-order valence-corrected chi connectivity index (χ1v) is 7.83. The average molecular weight is 327 g/mol. The van der Waals surface area contributed by atoms with Crippen LogP contribution in [0.1, 0.15) is 39.7 Å². The maximum Gasteiger partial charge on any atom is 0.0375 e. The van der Waals surface area contributed by atoms with E-state index in [0.29, 0.717) is 5.41 Å². The fourth-order valence-corrected chi connectivity index (χ4v) is 2.63. The Balaban J connectivity index is 2.70. The normalized spacial score (nSPS) is 11.7. The summed E-state index contributed by atoms with van der Waals surface area (Å²) in [7, 11) is 2.15. The van der Waals surface area contributed by atoms with Crippen molar-refractivity contribution in [2.24, 2.45) is 5.41 Å². The van der Waals surface area contributed by atoms with E-state index in [1.54, 1.807) is 0 Å². The molecule has 0 aliphatic carbocycles. The highest BCUT2D eigenvalue weighted by atomic mass is 79.9. The Hall–Kier alpha value is -0.540. The van der Waals surface area contributed by atoms with Gasteiger partial charge in [-0.2, -0.15) is 0 Å². The zero-order chi connectivity index (χ0) is 14.5. The van der Waals surface area contributed by atoms with Crippen molar-refractivity contribution < 1.29 is 0 Å². The Morgan fingerprint density at radius 1 is 1.26 bits per heavy atom. The van der Waals surface area contributed by atoms with Crippen LogP contribution in [0.5, 0.6) is 0 Å². The third-order valence-electron chi connectivity index (χ3n) is 2.93. The molecule has 2 nitrogen and oxygen atoms in total. The van der Waals surface area contributed by atoms with Gasteiger partial charge in [-0.1, -0.05) is 49.7 Å². The smallest absolute Gasteiger partial charge is 0.0375 e. The summed E-state index contributed by atoms with van der Waals surface area (Å²) in [6.07, 6.45) is 1.17. The van der Waals surface area contributed by atoms with E-state index in [1.165, 1.54) is 22.1 Å². The molecule has 19 heavy (non-hydrogen) atoms. The lowest BCUT2D eigenvalue weighted by atomic mass is 9.96. The summed E-state index contributed by atoms with van der Waals surface area (Å²) in [5, 5.41) is 3.44. The minimum atomic E-state index is 0.308. The fourth-order valence-electron chi connectivity index (χ4n) is 2.12. The minimum Gasteiger partial charge on any atom is -0.374 e.